The van der Waals surface area contributed by atoms with Crippen molar-refractivity contribution in [3.05, 3.63) is 71.3 Å². The van der Waals surface area contributed by atoms with Crippen LogP contribution in [0.15, 0.2) is 54.6 Å². The lowest BCUT2D eigenvalue weighted by Crippen LogP contribution is -2.30. The number of carboxylic acid groups (broad SMARTS) is 1. The zero-order valence-corrected chi connectivity index (χ0v) is 17.8. The Kier molecular flexibility index (Phi) is 7.45. The van der Waals surface area contributed by atoms with Crippen molar-refractivity contribution >= 4 is 5.97 Å². The molecule has 2 aromatic carbocycles. The first-order chi connectivity index (χ1) is 13.9. The number of likely N-dealkylation sites (tertiary alicyclic amines) is 1. The maximum atomic E-state index is 11.8. The van der Waals surface area contributed by atoms with Crippen LogP contribution in [0.2, 0.25) is 0 Å². The van der Waals surface area contributed by atoms with E-state index >= 15 is 0 Å². The van der Waals surface area contributed by atoms with Crippen molar-refractivity contribution in [1.29, 1.82) is 0 Å². The normalized spacial score (nSPS) is 19.8. The minimum Gasteiger partial charge on any atom is -0.479 e. The highest BCUT2D eigenvalue weighted by molar-refractivity contribution is 5.72. The Bertz CT molecular complexity index is 772. The third-order valence-corrected chi connectivity index (χ3v) is 5.70. The summed E-state index contributed by atoms with van der Waals surface area (Å²) in [6, 6.07) is 18.5. The van der Waals surface area contributed by atoms with Crippen LogP contribution in [0.25, 0.3) is 0 Å². The molecule has 0 radical (unpaired) electrons. The first-order valence-electron chi connectivity index (χ1n) is 10.7. The Labute approximate surface area is 174 Å². The molecule has 0 aliphatic carbocycles. The van der Waals surface area contributed by atoms with Gasteiger partial charge in [-0.25, -0.2) is 4.79 Å². The molecule has 0 bridgehead atoms. The number of rotatable bonds is 8. The number of carboxylic acids is 1. The maximum Gasteiger partial charge on any atom is 0.332 e. The van der Waals surface area contributed by atoms with Crippen LogP contribution in [0.4, 0.5) is 0 Å². The number of benzene rings is 2. The Morgan fingerprint density at radius 1 is 1.10 bits per heavy atom. The zero-order valence-electron chi connectivity index (χ0n) is 17.8. The average Bonchev–Trinajstić information content (AvgIpc) is 2.71. The molecular formula is C25H33NO3. The van der Waals surface area contributed by atoms with Gasteiger partial charge in [0.15, 0.2) is 6.10 Å². The van der Waals surface area contributed by atoms with E-state index in [4.69, 9.17) is 4.74 Å². The van der Waals surface area contributed by atoms with E-state index in [0.717, 1.165) is 17.7 Å². The van der Waals surface area contributed by atoms with Crippen LogP contribution in [-0.4, -0.2) is 42.2 Å². The third-order valence-electron chi connectivity index (χ3n) is 5.70. The van der Waals surface area contributed by atoms with Crippen molar-refractivity contribution in [2.45, 2.75) is 51.2 Å². The van der Waals surface area contributed by atoms with Crippen LogP contribution in [0, 0.1) is 5.92 Å². The topological polar surface area (TPSA) is 49.8 Å². The SMILES string of the molecule is CC(C)C[C@H](O[C@H](c1ccccc1)c1ccc(C2CCCN(C)C2)cc1)C(=O)O. The van der Waals surface area contributed by atoms with Crippen LogP contribution in [0.3, 0.4) is 0 Å². The predicted molar refractivity (Wildman–Crippen MR) is 116 cm³/mol. The van der Waals surface area contributed by atoms with Gasteiger partial charge in [0.25, 0.3) is 0 Å². The van der Waals surface area contributed by atoms with Crippen molar-refractivity contribution in [1.82, 2.24) is 4.90 Å². The molecule has 29 heavy (non-hydrogen) atoms. The van der Waals surface area contributed by atoms with E-state index in [1.54, 1.807) is 0 Å². The molecule has 1 N–H and O–H groups in total. The van der Waals surface area contributed by atoms with Crippen molar-refractivity contribution < 1.29 is 14.6 Å². The lowest BCUT2D eigenvalue weighted by Gasteiger charge is -2.30. The Balaban J connectivity index is 1.85. The Morgan fingerprint density at radius 3 is 2.34 bits per heavy atom. The number of aliphatic carboxylic acids is 1. The summed E-state index contributed by atoms with van der Waals surface area (Å²) in [5.41, 5.74) is 3.33. The average molecular weight is 396 g/mol. The summed E-state index contributed by atoms with van der Waals surface area (Å²) in [6.07, 6.45) is 1.72. The van der Waals surface area contributed by atoms with Gasteiger partial charge in [-0.3, -0.25) is 0 Å². The van der Waals surface area contributed by atoms with Gasteiger partial charge >= 0.3 is 5.97 Å². The first-order valence-corrected chi connectivity index (χ1v) is 10.7. The van der Waals surface area contributed by atoms with Gasteiger partial charge in [-0.15, -0.1) is 0 Å². The number of nitrogens with zero attached hydrogens (tertiary/aromatic N) is 1. The third kappa shape index (κ3) is 5.91. The second-order valence-corrected chi connectivity index (χ2v) is 8.65. The highest BCUT2D eigenvalue weighted by Crippen LogP contribution is 2.32. The molecule has 4 heteroatoms. The van der Waals surface area contributed by atoms with E-state index < -0.39 is 12.1 Å². The van der Waals surface area contributed by atoms with Gasteiger partial charge in [-0.05, 0) is 61.4 Å². The molecule has 3 rings (SSSR count). The molecule has 0 aromatic heterocycles. The molecule has 0 amide bonds. The van der Waals surface area contributed by atoms with Crippen molar-refractivity contribution in [3.8, 4) is 0 Å². The summed E-state index contributed by atoms with van der Waals surface area (Å²) in [4.78, 5) is 14.2. The lowest BCUT2D eigenvalue weighted by atomic mass is 9.89. The fraction of sp³-hybridized carbons (Fsp3) is 0.480. The second-order valence-electron chi connectivity index (χ2n) is 8.65. The molecule has 2 aromatic rings. The smallest absolute Gasteiger partial charge is 0.332 e. The summed E-state index contributed by atoms with van der Waals surface area (Å²) in [7, 11) is 2.18. The summed E-state index contributed by atoms with van der Waals surface area (Å²) in [6.45, 7) is 6.30. The molecule has 3 atom stereocenters. The van der Waals surface area contributed by atoms with Crippen LogP contribution in [0.1, 0.15) is 61.8 Å². The van der Waals surface area contributed by atoms with Gasteiger partial charge in [-0.2, -0.15) is 0 Å². The number of likely N-dealkylation sites (N-methyl/N-ethyl adjacent to an activating group) is 1. The van der Waals surface area contributed by atoms with Crippen LogP contribution in [-0.2, 0) is 9.53 Å². The molecule has 0 spiro atoms. The van der Waals surface area contributed by atoms with Gasteiger partial charge < -0.3 is 14.7 Å². The van der Waals surface area contributed by atoms with Gasteiger partial charge in [0, 0.05) is 6.54 Å². The summed E-state index contributed by atoms with van der Waals surface area (Å²) in [5, 5.41) is 9.67. The molecule has 4 nitrogen and oxygen atoms in total. The van der Waals surface area contributed by atoms with Crippen LogP contribution < -0.4 is 0 Å². The molecular weight excluding hydrogens is 362 g/mol. The number of ether oxygens (including phenoxy) is 1. The van der Waals surface area contributed by atoms with Crippen LogP contribution >= 0.6 is 0 Å². The standard InChI is InChI=1S/C25H33NO3/c1-18(2)16-23(25(27)28)29-24(20-8-5-4-6-9-20)21-13-11-19(12-14-21)22-10-7-15-26(3)17-22/h4-6,8-9,11-14,18,22-24H,7,10,15-17H2,1-3H3,(H,27,28)/t22?,23-,24+/m0/s1. The number of carbonyl (C=O) groups is 1. The Hall–Kier alpha value is -2.17. The molecule has 1 unspecified atom stereocenters. The van der Waals surface area contributed by atoms with Crippen molar-refractivity contribution in [2.24, 2.45) is 5.92 Å². The van der Waals surface area contributed by atoms with Crippen molar-refractivity contribution in [3.63, 3.8) is 0 Å². The highest BCUT2D eigenvalue weighted by atomic mass is 16.5. The molecule has 1 fully saturated rings. The lowest BCUT2D eigenvalue weighted by molar-refractivity contribution is -0.154. The largest absolute Gasteiger partial charge is 0.479 e. The van der Waals surface area contributed by atoms with E-state index in [9.17, 15) is 9.90 Å². The summed E-state index contributed by atoms with van der Waals surface area (Å²) < 4.78 is 6.19. The van der Waals surface area contributed by atoms with E-state index in [0.29, 0.717) is 12.3 Å². The minimum absolute atomic E-state index is 0.248. The van der Waals surface area contributed by atoms with E-state index in [2.05, 4.69) is 36.2 Å². The molecule has 1 aliphatic rings. The quantitative estimate of drug-likeness (QED) is 0.675. The molecule has 0 saturated carbocycles. The van der Waals surface area contributed by atoms with E-state index in [1.165, 1.54) is 24.9 Å². The predicted octanol–water partition coefficient (Wildman–Crippen LogP) is 5.10. The highest BCUT2D eigenvalue weighted by Gasteiger charge is 2.26. The van der Waals surface area contributed by atoms with Gasteiger partial charge in [-0.1, -0.05) is 68.4 Å². The van der Waals surface area contributed by atoms with E-state index in [1.807, 2.05) is 44.2 Å². The monoisotopic (exact) mass is 395 g/mol. The Morgan fingerprint density at radius 2 is 1.76 bits per heavy atom. The molecule has 1 heterocycles. The fourth-order valence-electron chi connectivity index (χ4n) is 4.17. The van der Waals surface area contributed by atoms with Gasteiger partial charge in [0.2, 0.25) is 0 Å². The fourth-order valence-corrected chi connectivity index (χ4v) is 4.17. The first kappa shape index (κ1) is 21.5. The number of piperidine rings is 1. The minimum atomic E-state index is -0.901. The summed E-state index contributed by atoms with van der Waals surface area (Å²) in [5.74, 6) is -0.0914. The molecule has 1 saturated heterocycles. The second kappa shape index (κ2) is 10.0. The van der Waals surface area contributed by atoms with Gasteiger partial charge in [0.1, 0.15) is 6.10 Å². The number of hydrogen-bond acceptors (Lipinski definition) is 3. The van der Waals surface area contributed by atoms with Gasteiger partial charge in [0.05, 0.1) is 0 Å². The van der Waals surface area contributed by atoms with Crippen LogP contribution in [0.5, 0.6) is 0 Å². The van der Waals surface area contributed by atoms with Crippen molar-refractivity contribution in [2.75, 3.05) is 20.1 Å². The van der Waals surface area contributed by atoms with E-state index in [-0.39, 0.29) is 12.0 Å². The maximum absolute atomic E-state index is 11.8. The number of hydrogen-bond donors (Lipinski definition) is 1. The summed E-state index contributed by atoms with van der Waals surface area (Å²) >= 11 is 0. The zero-order chi connectivity index (χ0) is 20.8. The molecule has 1 aliphatic heterocycles. The molecule has 156 valence electrons.